The van der Waals surface area contributed by atoms with E-state index in [1.807, 2.05) is 13.8 Å². The minimum Gasteiger partial charge on any atom is -0.369 e. The van der Waals surface area contributed by atoms with Crippen LogP contribution in [0.15, 0.2) is 10.9 Å². The molecule has 0 spiro atoms. The molecule has 0 saturated carbocycles. The van der Waals surface area contributed by atoms with Gasteiger partial charge >= 0.3 is 0 Å². The van der Waals surface area contributed by atoms with Crippen molar-refractivity contribution >= 4 is 5.82 Å². The summed E-state index contributed by atoms with van der Waals surface area (Å²) < 4.78 is 0. The van der Waals surface area contributed by atoms with E-state index >= 15 is 0 Å². The first-order valence-electron chi connectivity index (χ1n) is 5.89. The van der Waals surface area contributed by atoms with Gasteiger partial charge in [-0.15, -0.1) is 0 Å². The molecule has 1 heterocycles. The molecule has 0 aliphatic heterocycles. The molecule has 17 heavy (non-hydrogen) atoms. The van der Waals surface area contributed by atoms with Crippen molar-refractivity contribution in [1.82, 2.24) is 9.97 Å². The van der Waals surface area contributed by atoms with Gasteiger partial charge in [-0.25, -0.2) is 4.98 Å². The van der Waals surface area contributed by atoms with Crippen LogP contribution in [0.4, 0.5) is 5.82 Å². The Morgan fingerprint density at radius 3 is 2.71 bits per heavy atom. The molecule has 0 unspecified atom stereocenters. The number of nitrogens with zero attached hydrogens (tertiary/aromatic N) is 1. The summed E-state index contributed by atoms with van der Waals surface area (Å²) in [5, 5.41) is 3.16. The second-order valence-corrected chi connectivity index (χ2v) is 5.39. The Hall–Kier alpha value is -1.36. The summed E-state index contributed by atoms with van der Waals surface area (Å²) in [6.07, 6.45) is 0. The maximum Gasteiger partial charge on any atom is 0.252 e. The number of anilines is 1. The number of nitrogens with one attached hydrogen (secondary N) is 2. The molecular weight excluding hydrogens is 216 g/mol. The molecular formula is C12H22N4O. The number of rotatable bonds is 5. The molecule has 5 heteroatoms. The highest BCUT2D eigenvalue weighted by atomic mass is 16.1. The van der Waals surface area contributed by atoms with Crippen LogP contribution in [0.1, 0.15) is 39.4 Å². The Balaban J connectivity index is 2.82. The molecule has 0 radical (unpaired) electrons. The van der Waals surface area contributed by atoms with Crippen LogP contribution < -0.4 is 16.6 Å². The number of hydrogen-bond donors (Lipinski definition) is 3. The summed E-state index contributed by atoms with van der Waals surface area (Å²) in [5.74, 6) is 1.51. The summed E-state index contributed by atoms with van der Waals surface area (Å²) in [4.78, 5) is 18.5. The molecule has 0 bridgehead atoms. The number of aromatic nitrogens is 2. The monoisotopic (exact) mass is 238 g/mol. The Bertz CT molecular complexity index is 423. The fourth-order valence-electron chi connectivity index (χ4n) is 1.24. The van der Waals surface area contributed by atoms with Crippen molar-refractivity contribution in [3.05, 3.63) is 22.2 Å². The Kier molecular flexibility index (Phi) is 4.28. The lowest BCUT2D eigenvalue weighted by molar-refractivity contribution is 0.405. The summed E-state index contributed by atoms with van der Waals surface area (Å²) in [6, 6.07) is 1.47. The van der Waals surface area contributed by atoms with Gasteiger partial charge in [0.25, 0.3) is 5.56 Å². The topological polar surface area (TPSA) is 83.8 Å². The molecule has 0 saturated heterocycles. The van der Waals surface area contributed by atoms with Crippen LogP contribution in [-0.4, -0.2) is 23.1 Å². The lowest BCUT2D eigenvalue weighted by Gasteiger charge is -2.23. The van der Waals surface area contributed by atoms with Crippen molar-refractivity contribution in [2.45, 2.75) is 33.6 Å². The highest BCUT2D eigenvalue weighted by Gasteiger charge is 2.15. The fraction of sp³-hybridized carbons (Fsp3) is 0.667. The number of aromatic amines is 1. The van der Waals surface area contributed by atoms with Gasteiger partial charge in [-0.3, -0.25) is 4.79 Å². The van der Waals surface area contributed by atoms with E-state index in [9.17, 15) is 4.79 Å². The first-order chi connectivity index (χ1) is 7.84. The largest absolute Gasteiger partial charge is 0.369 e. The van der Waals surface area contributed by atoms with Gasteiger partial charge in [0.05, 0.1) is 0 Å². The standard InChI is InChI=1S/C12H22N4O/c1-8(2)11-15-9(5-10(17)16-11)14-7-12(3,4)6-13/h5,8H,6-7,13H2,1-4H3,(H2,14,15,16,17). The van der Waals surface area contributed by atoms with E-state index < -0.39 is 0 Å². The minimum absolute atomic E-state index is 0.0116. The van der Waals surface area contributed by atoms with E-state index in [-0.39, 0.29) is 16.9 Å². The zero-order chi connectivity index (χ0) is 13.1. The molecule has 0 amide bonds. The van der Waals surface area contributed by atoms with E-state index in [0.717, 1.165) is 0 Å². The molecule has 0 fully saturated rings. The number of nitrogens with two attached hydrogens (primary N) is 1. The maximum atomic E-state index is 11.4. The smallest absolute Gasteiger partial charge is 0.252 e. The second kappa shape index (κ2) is 5.31. The first-order valence-corrected chi connectivity index (χ1v) is 5.89. The molecule has 5 nitrogen and oxygen atoms in total. The third-order valence-electron chi connectivity index (χ3n) is 2.61. The molecule has 0 aliphatic carbocycles. The molecule has 4 N–H and O–H groups in total. The maximum absolute atomic E-state index is 11.4. The van der Waals surface area contributed by atoms with Crippen molar-refractivity contribution in [3.63, 3.8) is 0 Å². The number of H-pyrrole nitrogens is 1. The minimum atomic E-state index is -0.128. The van der Waals surface area contributed by atoms with Crippen molar-refractivity contribution < 1.29 is 0 Å². The van der Waals surface area contributed by atoms with Crippen molar-refractivity contribution in [1.29, 1.82) is 0 Å². The zero-order valence-electron chi connectivity index (χ0n) is 11.0. The van der Waals surface area contributed by atoms with Crippen molar-refractivity contribution in [2.75, 3.05) is 18.4 Å². The van der Waals surface area contributed by atoms with Crippen molar-refractivity contribution in [3.8, 4) is 0 Å². The quantitative estimate of drug-likeness (QED) is 0.721. The van der Waals surface area contributed by atoms with Crippen LogP contribution in [0.25, 0.3) is 0 Å². The lowest BCUT2D eigenvalue weighted by Crippen LogP contribution is -2.32. The van der Waals surface area contributed by atoms with Gasteiger partial charge in [0.15, 0.2) is 0 Å². The molecule has 1 rings (SSSR count). The van der Waals surface area contributed by atoms with Gasteiger partial charge < -0.3 is 16.0 Å². The Morgan fingerprint density at radius 2 is 2.18 bits per heavy atom. The third-order valence-corrected chi connectivity index (χ3v) is 2.61. The van der Waals surface area contributed by atoms with Crippen LogP contribution in [-0.2, 0) is 0 Å². The molecule has 0 aliphatic rings. The van der Waals surface area contributed by atoms with Crippen LogP contribution in [0.3, 0.4) is 0 Å². The van der Waals surface area contributed by atoms with Gasteiger partial charge in [-0.1, -0.05) is 27.7 Å². The van der Waals surface area contributed by atoms with Crippen LogP contribution in [0, 0.1) is 5.41 Å². The first kappa shape index (κ1) is 13.7. The zero-order valence-corrected chi connectivity index (χ0v) is 11.0. The summed E-state index contributed by atoms with van der Waals surface area (Å²) in [5.41, 5.74) is 5.51. The second-order valence-electron chi connectivity index (χ2n) is 5.39. The SMILES string of the molecule is CC(C)c1nc(NCC(C)(C)CN)cc(=O)[nH]1. The molecule has 0 aromatic carbocycles. The van der Waals surface area contributed by atoms with Crippen molar-refractivity contribution in [2.24, 2.45) is 11.1 Å². The van der Waals surface area contributed by atoms with E-state index in [4.69, 9.17) is 5.73 Å². The van der Waals surface area contributed by atoms with E-state index in [1.54, 1.807) is 0 Å². The normalized spacial score (nSPS) is 11.9. The van der Waals surface area contributed by atoms with E-state index in [0.29, 0.717) is 24.7 Å². The van der Waals surface area contributed by atoms with Gasteiger partial charge in [-0.05, 0) is 12.0 Å². The Morgan fingerprint density at radius 1 is 1.53 bits per heavy atom. The van der Waals surface area contributed by atoms with Gasteiger partial charge in [-0.2, -0.15) is 0 Å². The van der Waals surface area contributed by atoms with Gasteiger partial charge in [0.1, 0.15) is 11.6 Å². The summed E-state index contributed by atoms with van der Waals surface area (Å²) >= 11 is 0. The summed E-state index contributed by atoms with van der Waals surface area (Å²) in [7, 11) is 0. The van der Waals surface area contributed by atoms with Crippen LogP contribution >= 0.6 is 0 Å². The van der Waals surface area contributed by atoms with Crippen LogP contribution in [0.5, 0.6) is 0 Å². The molecule has 1 aromatic heterocycles. The molecule has 0 atom stereocenters. The fourth-order valence-corrected chi connectivity index (χ4v) is 1.24. The molecule has 1 aromatic rings. The molecule has 96 valence electrons. The number of hydrogen-bond acceptors (Lipinski definition) is 4. The lowest BCUT2D eigenvalue weighted by atomic mass is 9.94. The predicted octanol–water partition coefficient (Wildman–Crippen LogP) is 1.29. The third kappa shape index (κ3) is 4.19. The van der Waals surface area contributed by atoms with Gasteiger partial charge in [0, 0.05) is 18.5 Å². The Labute approximate surface area is 102 Å². The van der Waals surface area contributed by atoms with Gasteiger partial charge in [0.2, 0.25) is 0 Å². The van der Waals surface area contributed by atoms with E-state index in [1.165, 1.54) is 6.07 Å². The summed E-state index contributed by atoms with van der Waals surface area (Å²) in [6.45, 7) is 9.39. The highest BCUT2D eigenvalue weighted by molar-refractivity contribution is 5.33. The highest BCUT2D eigenvalue weighted by Crippen LogP contribution is 2.14. The average molecular weight is 238 g/mol. The average Bonchev–Trinajstić information content (AvgIpc) is 2.26. The van der Waals surface area contributed by atoms with Crippen LogP contribution in [0.2, 0.25) is 0 Å². The van der Waals surface area contributed by atoms with E-state index in [2.05, 4.69) is 29.1 Å². The predicted molar refractivity (Wildman–Crippen MR) is 70.3 cm³/mol.